The summed E-state index contributed by atoms with van der Waals surface area (Å²) in [4.78, 5) is 0. The monoisotopic (exact) mass is 132 g/mol. The van der Waals surface area contributed by atoms with Crippen molar-refractivity contribution in [2.24, 2.45) is 5.92 Å². The van der Waals surface area contributed by atoms with Gasteiger partial charge in [-0.2, -0.15) is 0 Å². The number of hydrogen-bond acceptors (Lipinski definition) is 3. The molecule has 0 heterocycles. The van der Waals surface area contributed by atoms with E-state index in [-0.39, 0.29) is 25.7 Å². The molecule has 0 aliphatic carbocycles. The van der Waals surface area contributed by atoms with Gasteiger partial charge in [-0.25, -0.2) is 0 Å². The zero-order valence-corrected chi connectivity index (χ0v) is 5.25. The maximum atomic E-state index is 8.50. The zero-order valence-electron chi connectivity index (χ0n) is 5.25. The van der Waals surface area contributed by atoms with E-state index in [0.717, 1.165) is 0 Å². The summed E-state index contributed by atoms with van der Waals surface area (Å²) in [6.07, 6.45) is 0. The highest BCUT2D eigenvalue weighted by atomic mass is 16.3. The summed E-state index contributed by atoms with van der Waals surface area (Å²) >= 11 is 0. The van der Waals surface area contributed by atoms with Crippen LogP contribution in [0.3, 0.4) is 0 Å². The van der Waals surface area contributed by atoms with Crippen LogP contribution in [0.25, 0.3) is 0 Å². The van der Waals surface area contributed by atoms with Gasteiger partial charge in [-0.3, -0.25) is 0 Å². The minimum atomic E-state index is -0.366. The van der Waals surface area contributed by atoms with Crippen LogP contribution < -0.4 is 0 Å². The Hall–Kier alpha value is -0.380. The maximum Gasteiger partial charge on any atom is 0.0643 e. The van der Waals surface area contributed by atoms with E-state index < -0.39 is 0 Å². The Balaban J connectivity index is 3.64. The van der Waals surface area contributed by atoms with E-state index in [1.165, 1.54) is 0 Å². The van der Waals surface area contributed by atoms with Crippen molar-refractivity contribution in [1.29, 1.82) is 0 Å². The molecule has 0 saturated heterocycles. The molecule has 0 radical (unpaired) electrons. The van der Waals surface area contributed by atoms with Crippen LogP contribution >= 0.6 is 0 Å². The van der Waals surface area contributed by atoms with Crippen LogP contribution in [0, 0.1) is 5.92 Å². The molecule has 3 N–H and O–H groups in total. The summed E-state index contributed by atoms with van der Waals surface area (Å²) in [6, 6.07) is 0. The number of aliphatic hydroxyl groups is 3. The molecule has 54 valence electrons. The van der Waals surface area contributed by atoms with Gasteiger partial charge in [0.1, 0.15) is 0 Å². The summed E-state index contributed by atoms with van der Waals surface area (Å²) < 4.78 is 0. The number of rotatable bonds is 4. The van der Waals surface area contributed by atoms with Gasteiger partial charge >= 0.3 is 0 Å². The van der Waals surface area contributed by atoms with Crippen molar-refractivity contribution in [2.75, 3.05) is 19.8 Å². The van der Waals surface area contributed by atoms with Gasteiger partial charge in [0.2, 0.25) is 0 Å². The maximum absolute atomic E-state index is 8.50. The van der Waals surface area contributed by atoms with Gasteiger partial charge in [0, 0.05) is 5.92 Å². The summed E-state index contributed by atoms with van der Waals surface area (Å²) in [5.41, 5.74) is 0.472. The van der Waals surface area contributed by atoms with Gasteiger partial charge in [0.15, 0.2) is 0 Å². The summed E-state index contributed by atoms with van der Waals surface area (Å²) in [7, 11) is 0. The molecule has 0 spiro atoms. The fraction of sp³-hybridized carbons (Fsp3) is 0.667. The molecule has 0 fully saturated rings. The minimum Gasteiger partial charge on any atom is -0.396 e. The van der Waals surface area contributed by atoms with Gasteiger partial charge in [-0.15, -0.1) is 0 Å². The standard InChI is InChI=1S/C6H12O3/c1-5(2-7)6(3-8)4-9/h6-9H,1-4H2. The first-order valence-corrected chi connectivity index (χ1v) is 2.76. The van der Waals surface area contributed by atoms with E-state index in [9.17, 15) is 0 Å². The summed E-state index contributed by atoms with van der Waals surface area (Å²) in [6.45, 7) is 2.96. The highest BCUT2D eigenvalue weighted by Gasteiger charge is 2.07. The molecule has 0 rings (SSSR count). The molecule has 3 nitrogen and oxygen atoms in total. The summed E-state index contributed by atoms with van der Waals surface area (Å²) in [5, 5.41) is 25.4. The van der Waals surface area contributed by atoms with Crippen LogP contribution in [0.4, 0.5) is 0 Å². The number of aliphatic hydroxyl groups excluding tert-OH is 3. The normalized spacial score (nSPS) is 10.2. The molecule has 9 heavy (non-hydrogen) atoms. The third-order valence-electron chi connectivity index (χ3n) is 1.22. The molecular weight excluding hydrogens is 120 g/mol. The third kappa shape index (κ3) is 2.60. The smallest absolute Gasteiger partial charge is 0.0643 e. The van der Waals surface area contributed by atoms with Crippen LogP contribution in [0.5, 0.6) is 0 Å². The van der Waals surface area contributed by atoms with E-state index in [0.29, 0.717) is 5.57 Å². The molecule has 0 unspecified atom stereocenters. The minimum absolute atomic E-state index is 0.157. The fourth-order valence-corrected chi connectivity index (χ4v) is 0.445. The topological polar surface area (TPSA) is 60.7 Å². The average molecular weight is 132 g/mol. The quantitative estimate of drug-likeness (QED) is 0.436. The third-order valence-corrected chi connectivity index (χ3v) is 1.22. The molecule has 0 aliphatic rings. The first kappa shape index (κ1) is 8.62. The lowest BCUT2D eigenvalue weighted by Gasteiger charge is -2.10. The van der Waals surface area contributed by atoms with E-state index in [2.05, 4.69) is 6.58 Å². The Morgan fingerprint density at radius 2 is 1.67 bits per heavy atom. The van der Waals surface area contributed by atoms with Crippen molar-refractivity contribution in [3.63, 3.8) is 0 Å². The molecule has 0 aliphatic heterocycles. The van der Waals surface area contributed by atoms with Crippen molar-refractivity contribution in [1.82, 2.24) is 0 Å². The Morgan fingerprint density at radius 3 is 1.78 bits per heavy atom. The molecule has 3 heteroatoms. The predicted octanol–water partition coefficient (Wildman–Crippen LogP) is -0.864. The molecule has 0 aromatic rings. The lowest BCUT2D eigenvalue weighted by Crippen LogP contribution is -2.15. The Kier molecular flexibility index (Phi) is 4.30. The SMILES string of the molecule is C=C(CO)C(CO)CO. The zero-order chi connectivity index (χ0) is 7.28. The molecule has 0 amide bonds. The highest BCUT2D eigenvalue weighted by Crippen LogP contribution is 2.04. The first-order valence-electron chi connectivity index (χ1n) is 2.76. The van der Waals surface area contributed by atoms with Crippen LogP contribution in [-0.2, 0) is 0 Å². The molecular formula is C6H12O3. The summed E-state index contributed by atoms with van der Waals surface area (Å²) in [5.74, 6) is -0.366. The first-order chi connectivity index (χ1) is 4.26. The highest BCUT2D eigenvalue weighted by molar-refractivity contribution is 5.00. The van der Waals surface area contributed by atoms with E-state index >= 15 is 0 Å². The average Bonchev–Trinajstić information content (AvgIpc) is 1.90. The van der Waals surface area contributed by atoms with E-state index in [1.807, 2.05) is 0 Å². The van der Waals surface area contributed by atoms with E-state index in [1.54, 1.807) is 0 Å². The second kappa shape index (κ2) is 4.49. The van der Waals surface area contributed by atoms with E-state index in [4.69, 9.17) is 15.3 Å². The van der Waals surface area contributed by atoms with Crippen LogP contribution in [-0.4, -0.2) is 35.1 Å². The van der Waals surface area contributed by atoms with Crippen molar-refractivity contribution in [3.05, 3.63) is 12.2 Å². The Morgan fingerprint density at radius 1 is 1.22 bits per heavy atom. The molecule has 0 bridgehead atoms. The molecule has 0 saturated carbocycles. The fourth-order valence-electron chi connectivity index (χ4n) is 0.445. The van der Waals surface area contributed by atoms with Crippen LogP contribution in [0.2, 0.25) is 0 Å². The van der Waals surface area contributed by atoms with Crippen LogP contribution in [0.1, 0.15) is 0 Å². The second-order valence-electron chi connectivity index (χ2n) is 1.88. The van der Waals surface area contributed by atoms with Crippen molar-refractivity contribution in [3.8, 4) is 0 Å². The van der Waals surface area contributed by atoms with Gasteiger partial charge in [0.05, 0.1) is 19.8 Å². The second-order valence-corrected chi connectivity index (χ2v) is 1.88. The van der Waals surface area contributed by atoms with Crippen molar-refractivity contribution in [2.45, 2.75) is 0 Å². The largest absolute Gasteiger partial charge is 0.396 e. The molecule has 0 aromatic heterocycles. The number of hydrogen-bond donors (Lipinski definition) is 3. The van der Waals surface area contributed by atoms with Gasteiger partial charge in [-0.05, 0) is 5.57 Å². The Bertz CT molecular complexity index is 86.3. The van der Waals surface area contributed by atoms with Gasteiger partial charge < -0.3 is 15.3 Å². The van der Waals surface area contributed by atoms with Gasteiger partial charge in [0.25, 0.3) is 0 Å². The van der Waals surface area contributed by atoms with Crippen molar-refractivity contribution < 1.29 is 15.3 Å². The van der Waals surface area contributed by atoms with Gasteiger partial charge in [-0.1, -0.05) is 6.58 Å². The molecule has 0 aromatic carbocycles. The molecule has 0 atom stereocenters. The van der Waals surface area contributed by atoms with Crippen LogP contribution in [0.15, 0.2) is 12.2 Å². The lowest BCUT2D eigenvalue weighted by atomic mass is 10.0. The van der Waals surface area contributed by atoms with Crippen molar-refractivity contribution >= 4 is 0 Å². The predicted molar refractivity (Wildman–Crippen MR) is 33.9 cm³/mol. The lowest BCUT2D eigenvalue weighted by molar-refractivity contribution is 0.160. The Labute approximate surface area is 54.3 Å².